The van der Waals surface area contributed by atoms with Crippen molar-refractivity contribution in [1.82, 2.24) is 4.90 Å². The lowest BCUT2D eigenvalue weighted by atomic mass is 9.88. The lowest BCUT2D eigenvalue weighted by Crippen LogP contribution is -2.37. The van der Waals surface area contributed by atoms with Crippen molar-refractivity contribution in [2.75, 3.05) is 20.2 Å². The fourth-order valence-corrected chi connectivity index (χ4v) is 2.25. The second-order valence-electron chi connectivity index (χ2n) is 4.28. The van der Waals surface area contributed by atoms with Gasteiger partial charge in [0.15, 0.2) is 0 Å². The molecule has 0 aromatic heterocycles. The Bertz CT molecular complexity index is 136. The smallest absolute Gasteiger partial charge is 0.0476 e. The second kappa shape index (κ2) is 4.24. The van der Waals surface area contributed by atoms with Crippen LogP contribution in [0, 0.1) is 11.8 Å². The van der Waals surface area contributed by atoms with E-state index in [4.69, 9.17) is 0 Å². The van der Waals surface area contributed by atoms with Crippen molar-refractivity contribution in [2.45, 2.75) is 32.7 Å². The van der Waals surface area contributed by atoms with Gasteiger partial charge in [0.25, 0.3) is 0 Å². The van der Waals surface area contributed by atoms with Crippen LogP contribution >= 0.6 is 0 Å². The van der Waals surface area contributed by atoms with E-state index in [0.717, 1.165) is 0 Å². The molecular weight excluding hydrogens is 150 g/mol. The zero-order valence-electron chi connectivity index (χ0n) is 8.45. The first-order chi connectivity index (χ1) is 5.66. The highest BCUT2D eigenvalue weighted by Gasteiger charge is 2.30. The van der Waals surface area contributed by atoms with Gasteiger partial charge in [-0.2, -0.15) is 0 Å². The SMILES string of the molecule is CC(C)C(CO)C1CCCN1C. The average Bonchev–Trinajstić information content (AvgIpc) is 2.38. The molecule has 1 N–H and O–H groups in total. The third-order valence-electron chi connectivity index (χ3n) is 3.14. The summed E-state index contributed by atoms with van der Waals surface area (Å²) in [5, 5.41) is 9.25. The molecule has 1 aliphatic heterocycles. The van der Waals surface area contributed by atoms with Crippen LogP contribution in [0.15, 0.2) is 0 Å². The van der Waals surface area contributed by atoms with Gasteiger partial charge < -0.3 is 10.0 Å². The maximum atomic E-state index is 9.25. The maximum absolute atomic E-state index is 9.25. The molecule has 2 nitrogen and oxygen atoms in total. The molecule has 2 heteroatoms. The van der Waals surface area contributed by atoms with E-state index in [1.54, 1.807) is 0 Å². The Hall–Kier alpha value is -0.0800. The van der Waals surface area contributed by atoms with Gasteiger partial charge in [-0.25, -0.2) is 0 Å². The molecule has 2 atom stereocenters. The second-order valence-corrected chi connectivity index (χ2v) is 4.28. The molecule has 0 aromatic rings. The number of aliphatic hydroxyl groups is 1. The summed E-state index contributed by atoms with van der Waals surface area (Å²) in [6.45, 7) is 5.95. The predicted octanol–water partition coefficient (Wildman–Crippen LogP) is 1.35. The highest BCUT2D eigenvalue weighted by Crippen LogP contribution is 2.26. The molecule has 2 unspecified atom stereocenters. The fraction of sp³-hybridized carbons (Fsp3) is 1.00. The molecule has 1 saturated heterocycles. The summed E-state index contributed by atoms with van der Waals surface area (Å²) >= 11 is 0. The lowest BCUT2D eigenvalue weighted by molar-refractivity contribution is 0.110. The Morgan fingerprint density at radius 1 is 1.50 bits per heavy atom. The Morgan fingerprint density at radius 3 is 2.50 bits per heavy atom. The monoisotopic (exact) mass is 171 g/mol. The van der Waals surface area contributed by atoms with E-state index in [2.05, 4.69) is 25.8 Å². The normalized spacial score (nSPS) is 28.2. The molecular formula is C10H21NO. The summed E-state index contributed by atoms with van der Waals surface area (Å²) < 4.78 is 0. The van der Waals surface area contributed by atoms with Crippen LogP contribution in [0.2, 0.25) is 0 Å². The number of rotatable bonds is 3. The van der Waals surface area contributed by atoms with Crippen molar-refractivity contribution in [1.29, 1.82) is 0 Å². The summed E-state index contributed by atoms with van der Waals surface area (Å²) in [5.41, 5.74) is 0. The van der Waals surface area contributed by atoms with Crippen molar-refractivity contribution < 1.29 is 5.11 Å². The summed E-state index contributed by atoms with van der Waals surface area (Å²) in [5.74, 6) is 1.07. The molecule has 0 radical (unpaired) electrons. The van der Waals surface area contributed by atoms with Gasteiger partial charge in [0.1, 0.15) is 0 Å². The Kier molecular flexibility index (Phi) is 3.53. The van der Waals surface area contributed by atoms with Crippen molar-refractivity contribution in [3.63, 3.8) is 0 Å². The minimum atomic E-state index is 0.340. The van der Waals surface area contributed by atoms with E-state index in [1.165, 1.54) is 19.4 Å². The molecule has 72 valence electrons. The van der Waals surface area contributed by atoms with E-state index in [-0.39, 0.29) is 0 Å². The Balaban J connectivity index is 2.52. The minimum absolute atomic E-state index is 0.340. The van der Waals surface area contributed by atoms with E-state index in [9.17, 15) is 5.11 Å². The molecule has 1 aliphatic rings. The van der Waals surface area contributed by atoms with E-state index >= 15 is 0 Å². The van der Waals surface area contributed by atoms with Gasteiger partial charge in [-0.05, 0) is 38.3 Å². The maximum Gasteiger partial charge on any atom is 0.0476 e. The van der Waals surface area contributed by atoms with Gasteiger partial charge in [-0.15, -0.1) is 0 Å². The zero-order chi connectivity index (χ0) is 9.14. The van der Waals surface area contributed by atoms with Crippen LogP contribution in [0.4, 0.5) is 0 Å². The van der Waals surface area contributed by atoms with Gasteiger partial charge >= 0.3 is 0 Å². The van der Waals surface area contributed by atoms with Crippen LogP contribution < -0.4 is 0 Å². The molecule has 1 heterocycles. The molecule has 0 aliphatic carbocycles. The predicted molar refractivity (Wildman–Crippen MR) is 51.1 cm³/mol. The molecule has 12 heavy (non-hydrogen) atoms. The summed E-state index contributed by atoms with van der Waals surface area (Å²) in [7, 11) is 2.17. The summed E-state index contributed by atoms with van der Waals surface area (Å²) in [6.07, 6.45) is 2.56. The van der Waals surface area contributed by atoms with Crippen LogP contribution in [0.5, 0.6) is 0 Å². The summed E-state index contributed by atoms with van der Waals surface area (Å²) in [4.78, 5) is 2.39. The molecule has 0 spiro atoms. The summed E-state index contributed by atoms with van der Waals surface area (Å²) in [6, 6.07) is 0.620. The van der Waals surface area contributed by atoms with E-state index in [0.29, 0.717) is 24.5 Å². The van der Waals surface area contributed by atoms with Gasteiger partial charge in [0.05, 0.1) is 0 Å². The third kappa shape index (κ3) is 1.99. The highest BCUT2D eigenvalue weighted by molar-refractivity contribution is 4.84. The molecule has 1 fully saturated rings. The molecule has 0 saturated carbocycles. The first-order valence-electron chi connectivity index (χ1n) is 4.98. The standard InChI is InChI=1S/C10H21NO/c1-8(2)9(7-12)10-5-4-6-11(10)3/h8-10,12H,4-7H2,1-3H3. The number of likely N-dealkylation sites (tertiary alicyclic amines) is 1. The quantitative estimate of drug-likeness (QED) is 0.693. The highest BCUT2D eigenvalue weighted by atomic mass is 16.3. The van der Waals surface area contributed by atoms with Gasteiger partial charge in [0.2, 0.25) is 0 Å². The van der Waals surface area contributed by atoms with Gasteiger partial charge in [-0.3, -0.25) is 0 Å². The third-order valence-corrected chi connectivity index (χ3v) is 3.14. The largest absolute Gasteiger partial charge is 0.396 e. The van der Waals surface area contributed by atoms with E-state index in [1.807, 2.05) is 0 Å². The molecule has 0 amide bonds. The van der Waals surface area contributed by atoms with Crippen LogP contribution in [0.3, 0.4) is 0 Å². The van der Waals surface area contributed by atoms with E-state index < -0.39 is 0 Å². The van der Waals surface area contributed by atoms with Gasteiger partial charge in [-0.1, -0.05) is 13.8 Å². The number of nitrogens with zero attached hydrogens (tertiary/aromatic N) is 1. The molecule has 0 aromatic carbocycles. The number of hydrogen-bond donors (Lipinski definition) is 1. The van der Waals surface area contributed by atoms with Crippen LogP contribution in [0.25, 0.3) is 0 Å². The lowest BCUT2D eigenvalue weighted by Gasteiger charge is -2.30. The zero-order valence-corrected chi connectivity index (χ0v) is 8.45. The van der Waals surface area contributed by atoms with Crippen LogP contribution in [0.1, 0.15) is 26.7 Å². The Labute approximate surface area is 75.6 Å². The van der Waals surface area contributed by atoms with Gasteiger partial charge in [0, 0.05) is 12.6 Å². The van der Waals surface area contributed by atoms with Crippen molar-refractivity contribution >= 4 is 0 Å². The first-order valence-corrected chi connectivity index (χ1v) is 4.98. The average molecular weight is 171 g/mol. The fourth-order valence-electron chi connectivity index (χ4n) is 2.25. The number of hydrogen-bond acceptors (Lipinski definition) is 2. The van der Waals surface area contributed by atoms with Crippen LogP contribution in [-0.4, -0.2) is 36.2 Å². The molecule has 0 bridgehead atoms. The van der Waals surface area contributed by atoms with Crippen LogP contribution in [-0.2, 0) is 0 Å². The Morgan fingerprint density at radius 2 is 2.17 bits per heavy atom. The topological polar surface area (TPSA) is 23.5 Å². The van der Waals surface area contributed by atoms with Crippen molar-refractivity contribution in [3.05, 3.63) is 0 Å². The first kappa shape index (κ1) is 10.0. The minimum Gasteiger partial charge on any atom is -0.396 e. The number of aliphatic hydroxyl groups excluding tert-OH is 1. The van der Waals surface area contributed by atoms with Crippen molar-refractivity contribution in [3.8, 4) is 0 Å². The molecule has 1 rings (SSSR count). The van der Waals surface area contributed by atoms with Crippen molar-refractivity contribution in [2.24, 2.45) is 11.8 Å².